The molecule has 0 aliphatic carbocycles. The molecule has 0 fully saturated rings. The molecule has 19 heavy (non-hydrogen) atoms. The predicted octanol–water partition coefficient (Wildman–Crippen LogP) is 1.57. The van der Waals surface area contributed by atoms with Gasteiger partial charge < -0.3 is 15.6 Å². The zero-order valence-corrected chi connectivity index (χ0v) is 10.6. The van der Waals surface area contributed by atoms with Gasteiger partial charge in [0.05, 0.1) is 17.6 Å². The molecule has 0 spiro atoms. The highest BCUT2D eigenvalue weighted by atomic mass is 16.5. The minimum atomic E-state index is 0.458. The van der Waals surface area contributed by atoms with Gasteiger partial charge in [-0.2, -0.15) is 5.10 Å². The summed E-state index contributed by atoms with van der Waals surface area (Å²) in [5.74, 6) is 0.756. The van der Waals surface area contributed by atoms with Gasteiger partial charge in [-0.15, -0.1) is 0 Å². The number of rotatable bonds is 4. The van der Waals surface area contributed by atoms with E-state index in [9.17, 15) is 0 Å². The van der Waals surface area contributed by atoms with Crippen LogP contribution in [0.25, 0.3) is 11.0 Å². The van der Waals surface area contributed by atoms with E-state index in [4.69, 9.17) is 10.3 Å². The molecule has 0 aliphatic heterocycles. The fourth-order valence-electron chi connectivity index (χ4n) is 2.05. The Bertz CT molecular complexity index is 700. The van der Waals surface area contributed by atoms with Gasteiger partial charge in [0.25, 0.3) is 0 Å². The van der Waals surface area contributed by atoms with Crippen LogP contribution in [-0.4, -0.2) is 22.0 Å². The summed E-state index contributed by atoms with van der Waals surface area (Å²) < 4.78 is 7.14. The summed E-state index contributed by atoms with van der Waals surface area (Å²) in [6.07, 6.45) is 1.92. The summed E-state index contributed by atoms with van der Waals surface area (Å²) in [5, 5.41) is 12.3. The van der Waals surface area contributed by atoms with Gasteiger partial charge in [0, 0.05) is 19.8 Å². The van der Waals surface area contributed by atoms with Gasteiger partial charge in [-0.3, -0.25) is 4.68 Å². The van der Waals surface area contributed by atoms with Crippen molar-refractivity contribution in [3.8, 4) is 0 Å². The number of aromatic nitrogens is 3. The Morgan fingerprint density at radius 3 is 3.00 bits per heavy atom. The Balaban J connectivity index is 1.88. The third kappa shape index (κ3) is 2.17. The lowest BCUT2D eigenvalue weighted by atomic mass is 10.1. The molecule has 2 heterocycles. The summed E-state index contributed by atoms with van der Waals surface area (Å²) in [6, 6.07) is 7.95. The van der Waals surface area contributed by atoms with Crippen molar-refractivity contribution in [1.82, 2.24) is 14.9 Å². The van der Waals surface area contributed by atoms with Crippen LogP contribution in [0.1, 0.15) is 11.3 Å². The van der Waals surface area contributed by atoms with Gasteiger partial charge in [0.1, 0.15) is 0 Å². The topological polar surface area (TPSA) is 81.9 Å². The smallest absolute Gasteiger partial charge is 0.177 e. The fourth-order valence-corrected chi connectivity index (χ4v) is 2.05. The molecule has 0 saturated heterocycles. The summed E-state index contributed by atoms with van der Waals surface area (Å²) in [6.45, 7) is 1.14. The number of nitrogens with zero attached hydrogens (tertiary/aromatic N) is 3. The zero-order chi connectivity index (χ0) is 13.2. The highest BCUT2D eigenvalue weighted by Gasteiger charge is 2.07. The molecule has 1 aromatic carbocycles. The molecule has 0 aliphatic rings. The molecule has 0 bridgehead atoms. The van der Waals surface area contributed by atoms with Gasteiger partial charge in [-0.05, 0) is 23.8 Å². The highest BCUT2D eigenvalue weighted by Crippen LogP contribution is 2.23. The lowest BCUT2D eigenvalue weighted by Gasteiger charge is -2.01. The van der Waals surface area contributed by atoms with Gasteiger partial charge >= 0.3 is 0 Å². The van der Waals surface area contributed by atoms with Crippen LogP contribution in [0.4, 0.5) is 5.82 Å². The van der Waals surface area contributed by atoms with E-state index >= 15 is 0 Å². The van der Waals surface area contributed by atoms with Gasteiger partial charge in [0.15, 0.2) is 11.4 Å². The maximum atomic E-state index is 5.54. The van der Waals surface area contributed by atoms with E-state index in [0.29, 0.717) is 13.1 Å². The molecular weight excluding hydrogens is 242 g/mol. The van der Waals surface area contributed by atoms with Crippen molar-refractivity contribution in [2.24, 2.45) is 5.73 Å². The zero-order valence-electron chi connectivity index (χ0n) is 10.6. The second-order valence-electron chi connectivity index (χ2n) is 4.32. The van der Waals surface area contributed by atoms with E-state index in [-0.39, 0.29) is 0 Å². The first-order valence-corrected chi connectivity index (χ1v) is 6.08. The molecule has 3 N–H and O–H groups in total. The van der Waals surface area contributed by atoms with Gasteiger partial charge in [0.2, 0.25) is 0 Å². The Kier molecular flexibility index (Phi) is 2.92. The van der Waals surface area contributed by atoms with Crippen LogP contribution in [-0.2, 0) is 13.1 Å². The third-order valence-electron chi connectivity index (χ3n) is 3.02. The quantitative estimate of drug-likeness (QED) is 0.741. The SMILES string of the molecule is CNc1noc2cc(Cn3ccc(CN)n3)ccc12. The minimum Gasteiger partial charge on any atom is -0.370 e. The van der Waals surface area contributed by atoms with Crippen molar-refractivity contribution in [1.29, 1.82) is 0 Å². The van der Waals surface area contributed by atoms with Gasteiger partial charge in [-0.1, -0.05) is 11.2 Å². The largest absolute Gasteiger partial charge is 0.370 e. The molecule has 2 aromatic heterocycles. The summed E-state index contributed by atoms with van der Waals surface area (Å²) in [5.41, 5.74) is 8.31. The molecule has 0 atom stereocenters. The van der Waals surface area contributed by atoms with Crippen LogP contribution in [0.3, 0.4) is 0 Å². The number of nitrogens with one attached hydrogen (secondary N) is 1. The second-order valence-corrected chi connectivity index (χ2v) is 4.32. The van der Waals surface area contributed by atoms with Crippen LogP contribution in [0.15, 0.2) is 35.0 Å². The summed E-state index contributed by atoms with van der Waals surface area (Å²) >= 11 is 0. The number of hydrogen-bond donors (Lipinski definition) is 2. The van der Waals surface area contributed by atoms with E-state index in [1.807, 2.05) is 42.2 Å². The average molecular weight is 257 g/mol. The molecule has 6 heteroatoms. The monoisotopic (exact) mass is 257 g/mol. The van der Waals surface area contributed by atoms with E-state index in [1.165, 1.54) is 0 Å². The maximum absolute atomic E-state index is 5.54. The molecule has 0 radical (unpaired) electrons. The van der Waals surface area contributed by atoms with Crippen molar-refractivity contribution in [2.45, 2.75) is 13.1 Å². The lowest BCUT2D eigenvalue weighted by Crippen LogP contribution is -2.03. The first-order valence-electron chi connectivity index (χ1n) is 6.08. The number of anilines is 1. The number of benzene rings is 1. The van der Waals surface area contributed by atoms with Crippen molar-refractivity contribution >= 4 is 16.8 Å². The summed E-state index contributed by atoms with van der Waals surface area (Å²) in [4.78, 5) is 0. The Labute approximate surface area is 110 Å². The Morgan fingerprint density at radius 1 is 1.37 bits per heavy atom. The first kappa shape index (κ1) is 11.7. The Morgan fingerprint density at radius 2 is 2.26 bits per heavy atom. The Hall–Kier alpha value is -2.34. The average Bonchev–Trinajstić information content (AvgIpc) is 3.04. The lowest BCUT2D eigenvalue weighted by molar-refractivity contribution is 0.459. The molecule has 98 valence electrons. The van der Waals surface area contributed by atoms with Crippen molar-refractivity contribution in [3.63, 3.8) is 0 Å². The van der Waals surface area contributed by atoms with Gasteiger partial charge in [-0.25, -0.2) is 0 Å². The van der Waals surface area contributed by atoms with E-state index in [0.717, 1.165) is 28.0 Å². The van der Waals surface area contributed by atoms with Crippen molar-refractivity contribution in [3.05, 3.63) is 41.7 Å². The predicted molar refractivity (Wildman–Crippen MR) is 72.8 cm³/mol. The molecule has 0 unspecified atom stereocenters. The van der Waals surface area contributed by atoms with Crippen LogP contribution < -0.4 is 11.1 Å². The fraction of sp³-hybridized carbons (Fsp3) is 0.231. The van der Waals surface area contributed by atoms with Crippen LogP contribution >= 0.6 is 0 Å². The van der Waals surface area contributed by atoms with Crippen LogP contribution in [0.5, 0.6) is 0 Å². The van der Waals surface area contributed by atoms with E-state index in [2.05, 4.69) is 15.6 Å². The first-order chi connectivity index (χ1) is 9.30. The second kappa shape index (κ2) is 4.74. The van der Waals surface area contributed by atoms with E-state index in [1.54, 1.807) is 0 Å². The van der Waals surface area contributed by atoms with Crippen molar-refractivity contribution in [2.75, 3.05) is 12.4 Å². The highest BCUT2D eigenvalue weighted by molar-refractivity contribution is 5.88. The number of hydrogen-bond acceptors (Lipinski definition) is 5. The number of fused-ring (bicyclic) bond motifs is 1. The standard InChI is InChI=1S/C13H15N5O/c1-15-13-11-3-2-9(6-12(11)19-17-13)8-18-5-4-10(7-14)16-18/h2-6H,7-8,14H2,1H3,(H,15,17). The number of nitrogens with two attached hydrogens (primary N) is 1. The van der Waals surface area contributed by atoms with Crippen LogP contribution in [0, 0.1) is 0 Å². The maximum Gasteiger partial charge on any atom is 0.177 e. The summed E-state index contributed by atoms with van der Waals surface area (Å²) in [7, 11) is 1.82. The van der Waals surface area contributed by atoms with E-state index < -0.39 is 0 Å². The normalized spacial score (nSPS) is 11.1. The van der Waals surface area contributed by atoms with Crippen molar-refractivity contribution < 1.29 is 4.52 Å². The molecule has 3 aromatic rings. The molecule has 3 rings (SSSR count). The molecular formula is C13H15N5O. The molecule has 6 nitrogen and oxygen atoms in total. The molecule has 0 saturated carbocycles. The third-order valence-corrected chi connectivity index (χ3v) is 3.02. The minimum absolute atomic E-state index is 0.458. The molecule has 0 amide bonds. The van der Waals surface area contributed by atoms with Crippen LogP contribution in [0.2, 0.25) is 0 Å².